The van der Waals surface area contributed by atoms with E-state index in [-0.39, 0.29) is 5.97 Å². The van der Waals surface area contributed by atoms with Crippen molar-refractivity contribution in [3.8, 4) is 16.4 Å². The molecule has 7 nitrogen and oxygen atoms in total. The van der Waals surface area contributed by atoms with Gasteiger partial charge in [-0.05, 0) is 19.1 Å². The Hall–Kier alpha value is -3.36. The molecule has 0 aliphatic heterocycles. The zero-order valence-corrected chi connectivity index (χ0v) is 18.0. The Morgan fingerprint density at radius 3 is 2.77 bits per heavy atom. The first-order valence-corrected chi connectivity index (χ1v) is 11.0. The number of esters is 1. The molecule has 0 atom stereocenters. The highest BCUT2D eigenvalue weighted by molar-refractivity contribution is 7.12. The molecule has 0 saturated carbocycles. The average Bonchev–Trinajstić information content (AvgIpc) is 3.45. The van der Waals surface area contributed by atoms with Crippen molar-refractivity contribution < 1.29 is 9.53 Å². The molecule has 0 bridgehead atoms. The number of ether oxygens (including phenoxy) is 1. The number of rotatable bonds is 9. The molecule has 3 heterocycles. The SMILES string of the molecule is CCOC(=O)c1cnn(-c2nc(-c3ccccc3)cs2)c1CNCCc1ccccn1. The lowest BCUT2D eigenvalue weighted by Gasteiger charge is -2.09. The molecule has 4 rings (SSSR count). The molecular formula is C23H23N5O2S. The molecule has 1 aromatic carbocycles. The summed E-state index contributed by atoms with van der Waals surface area (Å²) in [5.41, 5.74) is 4.11. The Labute approximate surface area is 184 Å². The van der Waals surface area contributed by atoms with Crippen molar-refractivity contribution in [2.45, 2.75) is 19.9 Å². The first kappa shape index (κ1) is 20.9. The Bertz CT molecular complexity index is 1130. The van der Waals surface area contributed by atoms with Crippen LogP contribution in [-0.4, -0.2) is 38.9 Å². The summed E-state index contributed by atoms with van der Waals surface area (Å²) in [6, 6.07) is 15.9. The maximum Gasteiger partial charge on any atom is 0.341 e. The fraction of sp³-hybridized carbons (Fsp3) is 0.217. The van der Waals surface area contributed by atoms with Gasteiger partial charge in [0, 0.05) is 42.3 Å². The summed E-state index contributed by atoms with van der Waals surface area (Å²) in [5.74, 6) is -0.380. The van der Waals surface area contributed by atoms with E-state index < -0.39 is 0 Å². The highest BCUT2D eigenvalue weighted by atomic mass is 32.1. The van der Waals surface area contributed by atoms with E-state index in [9.17, 15) is 4.79 Å². The van der Waals surface area contributed by atoms with Gasteiger partial charge in [0.2, 0.25) is 5.13 Å². The van der Waals surface area contributed by atoms with Crippen LogP contribution in [0.1, 0.15) is 28.7 Å². The third-order valence-corrected chi connectivity index (χ3v) is 5.50. The first-order chi connectivity index (χ1) is 15.3. The largest absolute Gasteiger partial charge is 0.462 e. The number of carbonyl (C=O) groups is 1. The highest BCUT2D eigenvalue weighted by Gasteiger charge is 2.21. The van der Waals surface area contributed by atoms with Crippen LogP contribution in [0, 0.1) is 0 Å². The predicted octanol–water partition coefficient (Wildman–Crippen LogP) is 3.90. The van der Waals surface area contributed by atoms with Crippen LogP contribution in [-0.2, 0) is 17.7 Å². The molecule has 0 amide bonds. The Balaban J connectivity index is 1.54. The van der Waals surface area contributed by atoms with Crippen molar-refractivity contribution >= 4 is 17.3 Å². The number of hydrogen-bond acceptors (Lipinski definition) is 7. The van der Waals surface area contributed by atoms with Gasteiger partial charge >= 0.3 is 5.97 Å². The third kappa shape index (κ3) is 5.04. The summed E-state index contributed by atoms with van der Waals surface area (Å²) in [6.45, 7) is 3.28. The van der Waals surface area contributed by atoms with Gasteiger partial charge in [-0.15, -0.1) is 11.3 Å². The van der Waals surface area contributed by atoms with E-state index in [1.807, 2.05) is 53.9 Å². The summed E-state index contributed by atoms with van der Waals surface area (Å²) < 4.78 is 6.94. The van der Waals surface area contributed by atoms with Crippen LogP contribution in [0.5, 0.6) is 0 Å². The van der Waals surface area contributed by atoms with Crippen LogP contribution in [0.15, 0.2) is 66.3 Å². The molecule has 1 N–H and O–H groups in total. The van der Waals surface area contributed by atoms with Crippen molar-refractivity contribution in [1.29, 1.82) is 0 Å². The number of thiazole rings is 1. The minimum Gasteiger partial charge on any atom is -0.462 e. The summed E-state index contributed by atoms with van der Waals surface area (Å²) in [5, 5.41) is 10.5. The lowest BCUT2D eigenvalue weighted by atomic mass is 10.2. The van der Waals surface area contributed by atoms with Gasteiger partial charge in [0.15, 0.2) is 0 Å². The molecular weight excluding hydrogens is 410 g/mol. The topological polar surface area (TPSA) is 81.9 Å². The van der Waals surface area contributed by atoms with E-state index in [4.69, 9.17) is 9.72 Å². The molecule has 0 unspecified atom stereocenters. The highest BCUT2D eigenvalue weighted by Crippen LogP contribution is 2.25. The number of benzene rings is 1. The summed E-state index contributed by atoms with van der Waals surface area (Å²) in [6.07, 6.45) is 4.13. The van der Waals surface area contributed by atoms with Crippen LogP contribution in [0.4, 0.5) is 0 Å². The minimum absolute atomic E-state index is 0.311. The van der Waals surface area contributed by atoms with Crippen molar-refractivity contribution in [2.75, 3.05) is 13.2 Å². The number of aromatic nitrogens is 4. The second-order valence-electron chi connectivity index (χ2n) is 6.77. The number of nitrogens with zero attached hydrogens (tertiary/aromatic N) is 4. The van der Waals surface area contributed by atoms with Gasteiger partial charge in [0.25, 0.3) is 0 Å². The molecule has 0 radical (unpaired) electrons. The number of nitrogens with one attached hydrogen (secondary N) is 1. The molecule has 0 spiro atoms. The second kappa shape index (κ2) is 10.1. The van der Waals surface area contributed by atoms with Gasteiger partial charge < -0.3 is 10.1 Å². The monoisotopic (exact) mass is 433 g/mol. The third-order valence-electron chi connectivity index (χ3n) is 4.68. The fourth-order valence-electron chi connectivity index (χ4n) is 3.16. The summed E-state index contributed by atoms with van der Waals surface area (Å²) in [4.78, 5) is 21.5. The van der Waals surface area contributed by atoms with Gasteiger partial charge in [0.05, 0.1) is 24.2 Å². The zero-order chi connectivity index (χ0) is 21.5. The number of carbonyl (C=O) groups excluding carboxylic acids is 1. The number of hydrogen-bond donors (Lipinski definition) is 1. The average molecular weight is 434 g/mol. The van der Waals surface area contributed by atoms with Gasteiger partial charge in [-0.25, -0.2) is 14.5 Å². The first-order valence-electron chi connectivity index (χ1n) is 10.1. The molecule has 158 valence electrons. The van der Waals surface area contributed by atoms with Gasteiger partial charge in [0.1, 0.15) is 5.56 Å². The molecule has 4 aromatic rings. The second-order valence-corrected chi connectivity index (χ2v) is 7.60. The Morgan fingerprint density at radius 2 is 2.00 bits per heavy atom. The van der Waals surface area contributed by atoms with E-state index in [0.717, 1.165) is 35.6 Å². The summed E-state index contributed by atoms with van der Waals surface area (Å²) >= 11 is 1.49. The molecule has 0 saturated heterocycles. The van der Waals surface area contributed by atoms with Crippen LogP contribution < -0.4 is 5.32 Å². The molecule has 0 aliphatic rings. The lowest BCUT2D eigenvalue weighted by molar-refractivity contribution is 0.0525. The predicted molar refractivity (Wildman–Crippen MR) is 120 cm³/mol. The number of pyridine rings is 1. The van der Waals surface area contributed by atoms with E-state index in [1.165, 1.54) is 11.3 Å². The smallest absolute Gasteiger partial charge is 0.341 e. The van der Waals surface area contributed by atoms with E-state index >= 15 is 0 Å². The van der Waals surface area contributed by atoms with Gasteiger partial charge in [-0.2, -0.15) is 5.10 Å². The van der Waals surface area contributed by atoms with E-state index in [2.05, 4.69) is 15.4 Å². The van der Waals surface area contributed by atoms with Crippen molar-refractivity contribution in [1.82, 2.24) is 25.1 Å². The Kier molecular flexibility index (Phi) is 6.81. The normalized spacial score (nSPS) is 10.9. The van der Waals surface area contributed by atoms with Crippen LogP contribution in [0.2, 0.25) is 0 Å². The van der Waals surface area contributed by atoms with E-state index in [0.29, 0.717) is 23.8 Å². The summed E-state index contributed by atoms with van der Waals surface area (Å²) in [7, 11) is 0. The van der Waals surface area contributed by atoms with Crippen LogP contribution in [0.25, 0.3) is 16.4 Å². The maximum atomic E-state index is 12.5. The van der Waals surface area contributed by atoms with Crippen molar-refractivity contribution in [2.24, 2.45) is 0 Å². The van der Waals surface area contributed by atoms with E-state index in [1.54, 1.807) is 24.0 Å². The molecule has 0 aliphatic carbocycles. The van der Waals surface area contributed by atoms with Crippen molar-refractivity contribution in [3.63, 3.8) is 0 Å². The van der Waals surface area contributed by atoms with Crippen LogP contribution in [0.3, 0.4) is 0 Å². The molecule has 31 heavy (non-hydrogen) atoms. The minimum atomic E-state index is -0.380. The quantitative estimate of drug-likeness (QED) is 0.318. The zero-order valence-electron chi connectivity index (χ0n) is 17.2. The lowest BCUT2D eigenvalue weighted by Crippen LogP contribution is -2.21. The Morgan fingerprint density at radius 1 is 1.16 bits per heavy atom. The molecule has 8 heteroatoms. The maximum absolute atomic E-state index is 12.5. The van der Waals surface area contributed by atoms with Gasteiger partial charge in [-0.1, -0.05) is 36.4 Å². The van der Waals surface area contributed by atoms with Crippen molar-refractivity contribution in [3.05, 3.63) is 83.3 Å². The molecule has 3 aromatic heterocycles. The van der Waals surface area contributed by atoms with Crippen LogP contribution >= 0.6 is 11.3 Å². The fourth-order valence-corrected chi connectivity index (χ4v) is 3.97. The standard InChI is InChI=1S/C23H23N5O2S/c1-2-30-22(29)19-14-26-28(21(19)15-24-13-11-18-10-6-7-12-25-18)23-27-20(16-31-23)17-8-4-3-5-9-17/h3-10,12,14,16,24H,2,11,13,15H2,1H3. The van der Waals surface area contributed by atoms with Gasteiger partial charge in [-0.3, -0.25) is 4.98 Å². The molecule has 0 fully saturated rings.